The van der Waals surface area contributed by atoms with Gasteiger partial charge in [-0.15, -0.1) is 0 Å². The maximum absolute atomic E-state index is 4.52. The lowest BCUT2D eigenvalue weighted by Crippen LogP contribution is -2.16. The smallest absolute Gasteiger partial charge is 0.0682 e. The van der Waals surface area contributed by atoms with Crippen molar-refractivity contribution < 1.29 is 0 Å². The second-order valence-electron chi connectivity index (χ2n) is 5.14. The van der Waals surface area contributed by atoms with E-state index in [-0.39, 0.29) is 0 Å². The molecular weight excluding hydrogens is 196 g/mol. The van der Waals surface area contributed by atoms with Crippen molar-refractivity contribution in [2.45, 2.75) is 19.8 Å². The van der Waals surface area contributed by atoms with Gasteiger partial charge in [0.25, 0.3) is 0 Å². The third-order valence-electron chi connectivity index (χ3n) is 3.77. The van der Waals surface area contributed by atoms with E-state index >= 15 is 0 Å². The molecule has 0 amide bonds. The number of aromatic nitrogens is 1. The summed E-state index contributed by atoms with van der Waals surface area (Å²) < 4.78 is 0. The molecule has 16 heavy (non-hydrogen) atoms. The third kappa shape index (κ3) is 1.16. The lowest BCUT2D eigenvalue weighted by molar-refractivity contribution is 0.899. The summed E-state index contributed by atoms with van der Waals surface area (Å²) in [4.78, 5) is 4.52. The van der Waals surface area contributed by atoms with Crippen LogP contribution in [-0.4, -0.2) is 4.98 Å². The van der Waals surface area contributed by atoms with E-state index in [0.717, 1.165) is 18.3 Å². The number of fused-ring (bicyclic) bond motifs is 3. The molecule has 2 nitrogen and oxygen atoms in total. The highest BCUT2D eigenvalue weighted by molar-refractivity contribution is 5.64. The fraction of sp³-hybridized carbons (Fsp3) is 0.357. The average Bonchev–Trinajstić information content (AvgIpc) is 3.00. The molecule has 3 aliphatic rings. The van der Waals surface area contributed by atoms with Crippen molar-refractivity contribution in [3.05, 3.63) is 46.9 Å². The normalized spacial score (nSPS) is 29.1. The Hall–Kier alpha value is -1.57. The van der Waals surface area contributed by atoms with Crippen LogP contribution in [0.4, 0.5) is 5.69 Å². The lowest BCUT2D eigenvalue weighted by atomic mass is 9.94. The van der Waals surface area contributed by atoms with Crippen molar-refractivity contribution in [2.24, 2.45) is 11.8 Å². The van der Waals surface area contributed by atoms with Gasteiger partial charge in [-0.05, 0) is 42.4 Å². The van der Waals surface area contributed by atoms with Gasteiger partial charge in [-0.2, -0.15) is 0 Å². The zero-order valence-electron chi connectivity index (χ0n) is 9.33. The highest BCUT2D eigenvalue weighted by atomic mass is 14.9. The van der Waals surface area contributed by atoms with Crippen LogP contribution >= 0.6 is 0 Å². The molecule has 1 aromatic heterocycles. The van der Waals surface area contributed by atoms with E-state index in [9.17, 15) is 0 Å². The molecule has 1 N–H and O–H groups in total. The third-order valence-corrected chi connectivity index (χ3v) is 3.77. The van der Waals surface area contributed by atoms with E-state index in [1.54, 1.807) is 0 Å². The Balaban J connectivity index is 1.82. The van der Waals surface area contributed by atoms with Crippen LogP contribution in [-0.2, 0) is 6.42 Å². The van der Waals surface area contributed by atoms with Crippen molar-refractivity contribution in [2.75, 3.05) is 5.32 Å². The van der Waals surface area contributed by atoms with E-state index in [2.05, 4.69) is 35.4 Å². The minimum Gasteiger partial charge on any atom is -0.354 e. The van der Waals surface area contributed by atoms with Crippen molar-refractivity contribution in [3.63, 3.8) is 0 Å². The average molecular weight is 210 g/mol. The zero-order valence-corrected chi connectivity index (χ0v) is 9.33. The Labute approximate surface area is 95.1 Å². The predicted molar refractivity (Wildman–Crippen MR) is 64.1 cm³/mol. The number of nitrogens with one attached hydrogen (secondary N) is 1. The Morgan fingerprint density at radius 1 is 1.31 bits per heavy atom. The number of aryl methyl sites for hydroxylation is 1. The predicted octanol–water partition coefficient (Wildman–Crippen LogP) is 2.82. The Morgan fingerprint density at radius 3 is 3.12 bits per heavy atom. The number of nitrogens with zero attached hydrogens (tertiary/aromatic N) is 1. The van der Waals surface area contributed by atoms with E-state index < -0.39 is 0 Å². The van der Waals surface area contributed by atoms with Gasteiger partial charge in [0.1, 0.15) is 0 Å². The lowest BCUT2D eigenvalue weighted by Gasteiger charge is -2.25. The number of pyridine rings is 1. The highest BCUT2D eigenvalue weighted by Gasteiger charge is 2.38. The minimum atomic E-state index is 0.811. The van der Waals surface area contributed by atoms with Crippen molar-refractivity contribution in [1.82, 2.24) is 4.98 Å². The molecule has 4 rings (SSSR count). The molecule has 0 aromatic carbocycles. The number of rotatable bonds is 0. The monoisotopic (exact) mass is 210 g/mol. The number of anilines is 1. The molecule has 2 unspecified atom stereocenters. The summed E-state index contributed by atoms with van der Waals surface area (Å²) >= 11 is 0. The molecule has 0 radical (unpaired) electrons. The molecule has 1 saturated carbocycles. The maximum atomic E-state index is 4.52. The fourth-order valence-corrected chi connectivity index (χ4v) is 2.74. The summed E-state index contributed by atoms with van der Waals surface area (Å²) in [5.41, 5.74) is 6.39. The van der Waals surface area contributed by atoms with Gasteiger partial charge in [-0.25, -0.2) is 0 Å². The van der Waals surface area contributed by atoms with Gasteiger partial charge in [0.05, 0.1) is 11.4 Å². The second kappa shape index (κ2) is 2.76. The van der Waals surface area contributed by atoms with Gasteiger partial charge in [0, 0.05) is 18.3 Å². The summed E-state index contributed by atoms with van der Waals surface area (Å²) in [6.45, 7) is 2.09. The first kappa shape index (κ1) is 8.57. The van der Waals surface area contributed by atoms with Gasteiger partial charge in [-0.3, -0.25) is 4.98 Å². The molecule has 0 saturated heterocycles. The molecule has 0 bridgehead atoms. The molecule has 0 spiro atoms. The van der Waals surface area contributed by atoms with Crippen LogP contribution in [0.3, 0.4) is 0 Å². The first-order valence-electron chi connectivity index (χ1n) is 5.95. The first-order valence-corrected chi connectivity index (χ1v) is 5.95. The summed E-state index contributed by atoms with van der Waals surface area (Å²) in [6.07, 6.45) is 9.15. The van der Waals surface area contributed by atoms with Gasteiger partial charge in [0.15, 0.2) is 0 Å². The second-order valence-corrected chi connectivity index (χ2v) is 5.14. The SMILES string of the molecule is Cc1cnc2c(c1)NC1=CC3CC3C=C1C2. The summed E-state index contributed by atoms with van der Waals surface area (Å²) in [5.74, 6) is 1.64. The van der Waals surface area contributed by atoms with Crippen molar-refractivity contribution in [1.29, 1.82) is 0 Å². The standard InChI is InChI=1S/C14H14N2/c1-8-2-14-13(15-7-8)6-11-4-9-3-10(9)5-12(11)16-14/h2,4-5,7,9-10,16H,3,6H2,1H3. The van der Waals surface area contributed by atoms with Crippen LogP contribution in [0, 0.1) is 18.8 Å². The Kier molecular flexibility index (Phi) is 1.48. The van der Waals surface area contributed by atoms with Crippen LogP contribution in [0.15, 0.2) is 35.7 Å². The zero-order chi connectivity index (χ0) is 10.7. The highest BCUT2D eigenvalue weighted by Crippen LogP contribution is 2.48. The van der Waals surface area contributed by atoms with E-state index in [4.69, 9.17) is 0 Å². The number of hydrogen-bond acceptors (Lipinski definition) is 2. The molecule has 80 valence electrons. The van der Waals surface area contributed by atoms with E-state index in [0.29, 0.717) is 0 Å². The van der Waals surface area contributed by atoms with Crippen LogP contribution in [0.2, 0.25) is 0 Å². The molecule has 1 aliphatic heterocycles. The van der Waals surface area contributed by atoms with Crippen molar-refractivity contribution >= 4 is 5.69 Å². The number of hydrogen-bond donors (Lipinski definition) is 1. The van der Waals surface area contributed by atoms with Gasteiger partial charge < -0.3 is 5.32 Å². The molecule has 1 aromatic rings. The molecule has 2 atom stereocenters. The molecule has 1 fully saturated rings. The summed E-state index contributed by atoms with van der Waals surface area (Å²) in [6, 6.07) is 2.19. The van der Waals surface area contributed by atoms with Crippen molar-refractivity contribution in [3.8, 4) is 0 Å². The largest absolute Gasteiger partial charge is 0.354 e. The molecular formula is C14H14N2. The van der Waals surface area contributed by atoms with Crippen LogP contribution in [0.5, 0.6) is 0 Å². The molecule has 2 heterocycles. The van der Waals surface area contributed by atoms with Crippen LogP contribution in [0.1, 0.15) is 17.7 Å². The van der Waals surface area contributed by atoms with Crippen LogP contribution in [0.25, 0.3) is 0 Å². The van der Waals surface area contributed by atoms with Gasteiger partial charge >= 0.3 is 0 Å². The van der Waals surface area contributed by atoms with Crippen LogP contribution < -0.4 is 5.32 Å². The van der Waals surface area contributed by atoms with E-state index in [1.807, 2.05) is 6.20 Å². The fourth-order valence-electron chi connectivity index (χ4n) is 2.74. The quantitative estimate of drug-likeness (QED) is 0.712. The topological polar surface area (TPSA) is 24.9 Å². The Bertz CT molecular complexity index is 540. The number of allylic oxidation sites excluding steroid dienone is 3. The minimum absolute atomic E-state index is 0.811. The summed E-state index contributed by atoms with van der Waals surface area (Å²) in [7, 11) is 0. The first-order chi connectivity index (χ1) is 7.79. The molecule has 2 heteroatoms. The van der Waals surface area contributed by atoms with Gasteiger partial charge in [-0.1, -0.05) is 12.2 Å². The summed E-state index contributed by atoms with van der Waals surface area (Å²) in [5, 5.41) is 3.53. The van der Waals surface area contributed by atoms with E-state index in [1.165, 1.54) is 34.6 Å². The Morgan fingerprint density at radius 2 is 2.19 bits per heavy atom. The molecule has 2 aliphatic carbocycles. The van der Waals surface area contributed by atoms with Gasteiger partial charge in [0.2, 0.25) is 0 Å². The maximum Gasteiger partial charge on any atom is 0.0682 e.